The monoisotopic (exact) mass is 236 g/mol. The zero-order valence-corrected chi connectivity index (χ0v) is 11.0. The zero-order valence-electron chi connectivity index (χ0n) is 11.0. The van der Waals surface area contributed by atoms with Crippen LogP contribution in [0.2, 0.25) is 0 Å². The first-order valence-corrected chi connectivity index (χ1v) is 6.30. The number of anilines is 1. The van der Waals surface area contributed by atoms with Crippen LogP contribution in [0.3, 0.4) is 0 Å². The SMILES string of the molecule is Cc1ccc(N(C)C2CCCCCC2)nn1.N. The molecule has 4 nitrogen and oxygen atoms in total. The van der Waals surface area contributed by atoms with Gasteiger partial charge in [0.2, 0.25) is 0 Å². The fourth-order valence-corrected chi connectivity index (χ4v) is 2.41. The highest BCUT2D eigenvalue weighted by molar-refractivity contribution is 5.37. The number of aromatic nitrogens is 2. The molecule has 1 aliphatic rings. The molecule has 0 atom stereocenters. The molecular formula is C13H24N4. The van der Waals surface area contributed by atoms with E-state index in [9.17, 15) is 0 Å². The maximum absolute atomic E-state index is 4.26. The van der Waals surface area contributed by atoms with Crippen LogP contribution < -0.4 is 11.1 Å². The fraction of sp³-hybridized carbons (Fsp3) is 0.692. The Labute approximate surface area is 104 Å². The van der Waals surface area contributed by atoms with Crippen LogP contribution in [0, 0.1) is 6.92 Å². The van der Waals surface area contributed by atoms with Crippen LogP contribution in [0.5, 0.6) is 0 Å². The quantitative estimate of drug-likeness (QED) is 0.801. The third-order valence-corrected chi connectivity index (χ3v) is 3.52. The van der Waals surface area contributed by atoms with Crippen LogP contribution in [0.15, 0.2) is 12.1 Å². The number of hydrogen-bond donors (Lipinski definition) is 1. The number of rotatable bonds is 2. The van der Waals surface area contributed by atoms with E-state index in [-0.39, 0.29) is 6.15 Å². The Hall–Kier alpha value is -1.16. The van der Waals surface area contributed by atoms with Crippen molar-refractivity contribution in [3.05, 3.63) is 17.8 Å². The zero-order chi connectivity index (χ0) is 11.4. The summed E-state index contributed by atoms with van der Waals surface area (Å²) in [6, 6.07) is 4.77. The van der Waals surface area contributed by atoms with Gasteiger partial charge < -0.3 is 11.1 Å². The van der Waals surface area contributed by atoms with Crippen molar-refractivity contribution in [1.82, 2.24) is 16.3 Å². The molecule has 1 aromatic heterocycles. The maximum atomic E-state index is 4.26. The Balaban J connectivity index is 0.00000144. The first kappa shape index (κ1) is 13.9. The maximum Gasteiger partial charge on any atom is 0.151 e. The Morgan fingerprint density at radius 2 is 1.71 bits per heavy atom. The van der Waals surface area contributed by atoms with Gasteiger partial charge in [-0.1, -0.05) is 25.7 Å². The average Bonchev–Trinajstić information content (AvgIpc) is 2.57. The summed E-state index contributed by atoms with van der Waals surface area (Å²) in [4.78, 5) is 2.30. The van der Waals surface area contributed by atoms with E-state index in [1.54, 1.807) is 0 Å². The number of aryl methyl sites for hydroxylation is 1. The fourth-order valence-electron chi connectivity index (χ4n) is 2.41. The van der Waals surface area contributed by atoms with Crippen LogP contribution in [-0.2, 0) is 0 Å². The summed E-state index contributed by atoms with van der Waals surface area (Å²) in [5, 5.41) is 8.39. The van der Waals surface area contributed by atoms with Crippen molar-refractivity contribution < 1.29 is 0 Å². The molecule has 0 spiro atoms. The lowest BCUT2D eigenvalue weighted by molar-refractivity contribution is 0.547. The van der Waals surface area contributed by atoms with Gasteiger partial charge in [-0.25, -0.2) is 0 Å². The Bertz CT molecular complexity index is 315. The number of nitrogens with zero attached hydrogens (tertiary/aromatic N) is 3. The van der Waals surface area contributed by atoms with Gasteiger partial charge in [0.05, 0.1) is 5.69 Å². The topological polar surface area (TPSA) is 64.0 Å². The summed E-state index contributed by atoms with van der Waals surface area (Å²) in [6.07, 6.45) is 8.09. The van der Waals surface area contributed by atoms with Crippen molar-refractivity contribution >= 4 is 5.82 Å². The molecule has 0 aliphatic heterocycles. The molecule has 0 bridgehead atoms. The molecule has 1 fully saturated rings. The summed E-state index contributed by atoms with van der Waals surface area (Å²) in [5.74, 6) is 1.01. The number of hydrogen-bond acceptors (Lipinski definition) is 4. The van der Waals surface area contributed by atoms with Crippen molar-refractivity contribution in [2.24, 2.45) is 0 Å². The second kappa shape index (κ2) is 6.55. The summed E-state index contributed by atoms with van der Waals surface area (Å²) >= 11 is 0. The van der Waals surface area contributed by atoms with E-state index in [2.05, 4.69) is 28.2 Å². The predicted molar refractivity (Wildman–Crippen MR) is 71.7 cm³/mol. The molecule has 1 aliphatic carbocycles. The normalized spacial score (nSPS) is 17.1. The summed E-state index contributed by atoms with van der Waals surface area (Å²) in [6.45, 7) is 1.97. The van der Waals surface area contributed by atoms with Crippen molar-refractivity contribution in [2.75, 3.05) is 11.9 Å². The molecule has 1 saturated carbocycles. The first-order valence-electron chi connectivity index (χ1n) is 6.30. The molecule has 4 heteroatoms. The smallest absolute Gasteiger partial charge is 0.151 e. The Kier molecular flexibility index (Phi) is 5.35. The van der Waals surface area contributed by atoms with E-state index in [1.165, 1.54) is 38.5 Å². The second-order valence-electron chi connectivity index (χ2n) is 4.79. The molecule has 1 heterocycles. The van der Waals surface area contributed by atoms with Gasteiger partial charge in [-0.15, -0.1) is 5.10 Å². The predicted octanol–water partition coefficient (Wildman–Crippen LogP) is 3.11. The van der Waals surface area contributed by atoms with Crippen LogP contribution in [0.4, 0.5) is 5.82 Å². The van der Waals surface area contributed by atoms with E-state index >= 15 is 0 Å². The van der Waals surface area contributed by atoms with Crippen LogP contribution in [0.1, 0.15) is 44.2 Å². The average molecular weight is 236 g/mol. The van der Waals surface area contributed by atoms with Gasteiger partial charge in [0.1, 0.15) is 0 Å². The van der Waals surface area contributed by atoms with E-state index in [0.717, 1.165) is 11.5 Å². The molecule has 0 unspecified atom stereocenters. The van der Waals surface area contributed by atoms with Gasteiger partial charge in [-0.05, 0) is 31.9 Å². The second-order valence-corrected chi connectivity index (χ2v) is 4.79. The molecule has 2 rings (SSSR count). The van der Waals surface area contributed by atoms with Crippen LogP contribution in [0.25, 0.3) is 0 Å². The van der Waals surface area contributed by atoms with Gasteiger partial charge in [-0.2, -0.15) is 5.10 Å². The molecule has 3 N–H and O–H groups in total. The van der Waals surface area contributed by atoms with Crippen molar-refractivity contribution in [3.8, 4) is 0 Å². The lowest BCUT2D eigenvalue weighted by atomic mass is 10.1. The largest absolute Gasteiger partial charge is 0.355 e. The minimum absolute atomic E-state index is 0. The lowest BCUT2D eigenvalue weighted by Crippen LogP contribution is -2.31. The van der Waals surface area contributed by atoms with Gasteiger partial charge in [-0.3, -0.25) is 0 Å². The Morgan fingerprint density at radius 3 is 2.24 bits per heavy atom. The molecule has 17 heavy (non-hydrogen) atoms. The summed E-state index contributed by atoms with van der Waals surface area (Å²) < 4.78 is 0. The highest BCUT2D eigenvalue weighted by atomic mass is 15.3. The Morgan fingerprint density at radius 1 is 1.06 bits per heavy atom. The van der Waals surface area contributed by atoms with E-state index in [0.29, 0.717) is 6.04 Å². The molecule has 0 radical (unpaired) electrons. The van der Waals surface area contributed by atoms with Crippen molar-refractivity contribution in [3.63, 3.8) is 0 Å². The summed E-state index contributed by atoms with van der Waals surface area (Å²) in [5.41, 5.74) is 0.984. The van der Waals surface area contributed by atoms with Gasteiger partial charge in [0, 0.05) is 13.1 Å². The molecule has 0 saturated heterocycles. The minimum atomic E-state index is 0. The van der Waals surface area contributed by atoms with Crippen LogP contribution in [-0.4, -0.2) is 23.3 Å². The molecule has 0 aromatic carbocycles. The van der Waals surface area contributed by atoms with E-state index in [1.807, 2.05) is 13.0 Å². The molecule has 96 valence electrons. The van der Waals surface area contributed by atoms with Crippen LogP contribution >= 0.6 is 0 Å². The van der Waals surface area contributed by atoms with Crippen molar-refractivity contribution in [2.45, 2.75) is 51.5 Å². The molecular weight excluding hydrogens is 212 g/mol. The lowest BCUT2D eigenvalue weighted by Gasteiger charge is -2.27. The molecule has 1 aromatic rings. The minimum Gasteiger partial charge on any atom is -0.355 e. The van der Waals surface area contributed by atoms with Crippen molar-refractivity contribution in [1.29, 1.82) is 0 Å². The third-order valence-electron chi connectivity index (χ3n) is 3.52. The van der Waals surface area contributed by atoms with E-state index < -0.39 is 0 Å². The summed E-state index contributed by atoms with van der Waals surface area (Å²) in [7, 11) is 2.15. The van der Waals surface area contributed by atoms with Gasteiger partial charge >= 0.3 is 0 Å². The first-order chi connectivity index (χ1) is 7.77. The van der Waals surface area contributed by atoms with Gasteiger partial charge in [0.25, 0.3) is 0 Å². The molecule has 0 amide bonds. The highest BCUT2D eigenvalue weighted by Gasteiger charge is 2.18. The third kappa shape index (κ3) is 3.66. The van der Waals surface area contributed by atoms with E-state index in [4.69, 9.17) is 0 Å². The van der Waals surface area contributed by atoms with Gasteiger partial charge in [0.15, 0.2) is 5.82 Å². The standard InChI is InChI=1S/C13H21N3.H3N/c1-11-9-10-13(15-14-11)16(2)12-7-5-3-4-6-8-12;/h9-10,12H,3-8H2,1-2H3;1H3. The highest BCUT2D eigenvalue weighted by Crippen LogP contribution is 2.23.